The Hall–Kier alpha value is -2.61. The van der Waals surface area contributed by atoms with E-state index in [9.17, 15) is 4.91 Å². The average molecular weight is 587 g/mol. The molecule has 1 unspecified atom stereocenters. The molecule has 0 heterocycles. The molecule has 1 atom stereocenters. The summed E-state index contributed by atoms with van der Waals surface area (Å²) in [6.07, 6.45) is 7.91. The maximum atomic E-state index is 10.9. The molecule has 0 spiro atoms. The largest absolute Gasteiger partial charge is 0.377 e. The Balaban J connectivity index is 1.71. The maximum absolute atomic E-state index is 10.9. The van der Waals surface area contributed by atoms with E-state index in [2.05, 4.69) is 28.3 Å². The van der Waals surface area contributed by atoms with E-state index in [1.54, 1.807) is 49.2 Å². The number of ether oxygens (including phenoxy) is 1. The Labute approximate surface area is 242 Å². The fourth-order valence-electron chi connectivity index (χ4n) is 3.88. The second-order valence-corrected chi connectivity index (χ2v) is 11.0. The molecule has 1 aliphatic carbocycles. The third-order valence-electron chi connectivity index (χ3n) is 5.85. The summed E-state index contributed by atoms with van der Waals surface area (Å²) in [5.41, 5.74) is 3.23. The third kappa shape index (κ3) is 8.45. The van der Waals surface area contributed by atoms with Crippen LogP contribution in [0.5, 0.6) is 0 Å². The molecule has 4 rings (SSSR count). The molecule has 3 aromatic carbocycles. The first kappa shape index (κ1) is 28.4. The van der Waals surface area contributed by atoms with E-state index in [4.69, 9.17) is 44.5 Å². The second-order valence-electron chi connectivity index (χ2n) is 8.66. The highest BCUT2D eigenvalue weighted by atomic mass is 35.5. The van der Waals surface area contributed by atoms with Crippen molar-refractivity contribution in [3.05, 3.63) is 121 Å². The number of allylic oxidation sites excluding steroid dienone is 1. The van der Waals surface area contributed by atoms with Crippen molar-refractivity contribution in [2.45, 2.75) is 25.5 Å². The number of amidine groups is 1. The van der Waals surface area contributed by atoms with Crippen LogP contribution in [-0.2, 0) is 17.7 Å². The summed E-state index contributed by atoms with van der Waals surface area (Å²) in [5.74, 6) is 0. The number of halogens is 3. The highest BCUT2D eigenvalue weighted by Gasteiger charge is 2.18. The molecule has 5 nitrogen and oxygen atoms in total. The van der Waals surface area contributed by atoms with Gasteiger partial charge in [-0.05, 0) is 77.7 Å². The maximum Gasteiger partial charge on any atom is 0.169 e. The van der Waals surface area contributed by atoms with Gasteiger partial charge in [0.2, 0.25) is 0 Å². The van der Waals surface area contributed by atoms with Gasteiger partial charge in [-0.1, -0.05) is 83.0 Å². The minimum atomic E-state index is 0.00951. The van der Waals surface area contributed by atoms with Gasteiger partial charge in [-0.15, -0.1) is 4.91 Å². The molecular formula is C29H26Cl3N3O2S. The van der Waals surface area contributed by atoms with Gasteiger partial charge in [-0.2, -0.15) is 0 Å². The zero-order valence-electron chi connectivity index (χ0n) is 20.7. The van der Waals surface area contributed by atoms with Crippen molar-refractivity contribution in [2.75, 3.05) is 13.7 Å². The van der Waals surface area contributed by atoms with Crippen LogP contribution in [0.15, 0.2) is 100 Å². The van der Waals surface area contributed by atoms with Crippen LogP contribution in [0.1, 0.15) is 17.5 Å². The summed E-state index contributed by atoms with van der Waals surface area (Å²) in [5, 5.41) is 5.53. The van der Waals surface area contributed by atoms with Crippen LogP contribution in [0.3, 0.4) is 0 Å². The van der Waals surface area contributed by atoms with Crippen LogP contribution in [-0.4, -0.2) is 29.8 Å². The summed E-state index contributed by atoms with van der Waals surface area (Å²) < 4.78 is 5.57. The Bertz CT molecular complexity index is 1320. The first-order valence-electron chi connectivity index (χ1n) is 12.0. The van der Waals surface area contributed by atoms with Gasteiger partial charge >= 0.3 is 0 Å². The molecule has 196 valence electrons. The number of methoxy groups -OCH3 is 1. The topological polar surface area (TPSA) is 54.3 Å². The highest BCUT2D eigenvalue weighted by molar-refractivity contribution is 8.17. The van der Waals surface area contributed by atoms with E-state index in [1.807, 2.05) is 36.4 Å². The van der Waals surface area contributed by atoms with Crippen molar-refractivity contribution in [3.63, 3.8) is 0 Å². The lowest BCUT2D eigenvalue weighted by atomic mass is 10.1. The first-order chi connectivity index (χ1) is 18.4. The molecule has 9 heteroatoms. The number of thioether (sulfide) groups is 1. The molecule has 0 aromatic heterocycles. The summed E-state index contributed by atoms with van der Waals surface area (Å²) in [4.78, 5) is 19.2. The Morgan fingerprint density at radius 3 is 2.29 bits per heavy atom. The van der Waals surface area contributed by atoms with Crippen LogP contribution in [0.4, 0.5) is 11.4 Å². The van der Waals surface area contributed by atoms with Crippen LogP contribution in [0.2, 0.25) is 15.1 Å². The number of benzene rings is 3. The summed E-state index contributed by atoms with van der Waals surface area (Å²) in [7, 11) is 1.71. The highest BCUT2D eigenvalue weighted by Crippen LogP contribution is 2.31. The number of nitrogens with zero attached hydrogens (tertiary/aromatic N) is 3. The van der Waals surface area contributed by atoms with E-state index in [0.717, 1.165) is 34.0 Å². The van der Waals surface area contributed by atoms with Gasteiger partial charge in [-0.25, -0.2) is 4.99 Å². The normalized spacial score (nSPS) is 15.3. The zero-order valence-corrected chi connectivity index (χ0v) is 23.8. The smallest absolute Gasteiger partial charge is 0.169 e. The standard InChI is InChI=1S/C29H26Cl3N3O2S/c1-37-27-3-2-4-28(18-27)38-29(33-26-16-23(31)15-24(32)17-26)35(14-13-20-5-9-22(30)10-6-20)19-21-7-11-25(34-36)12-8-21/h2,4-12,15-18,27H,3,13-14,19H2,1H3. The van der Waals surface area contributed by atoms with Crippen molar-refractivity contribution < 1.29 is 4.74 Å². The second kappa shape index (κ2) is 14.0. The predicted octanol–water partition coefficient (Wildman–Crippen LogP) is 9.37. The predicted molar refractivity (Wildman–Crippen MR) is 161 cm³/mol. The summed E-state index contributed by atoms with van der Waals surface area (Å²) in [6.45, 7) is 1.25. The minimum Gasteiger partial charge on any atom is -0.377 e. The van der Waals surface area contributed by atoms with Gasteiger partial charge in [0, 0.05) is 40.2 Å². The van der Waals surface area contributed by atoms with Gasteiger partial charge in [0.25, 0.3) is 0 Å². The molecule has 0 N–H and O–H groups in total. The molecule has 38 heavy (non-hydrogen) atoms. The van der Waals surface area contributed by atoms with Crippen LogP contribution >= 0.6 is 46.6 Å². The van der Waals surface area contributed by atoms with Crippen molar-refractivity contribution >= 4 is 63.1 Å². The molecule has 0 aliphatic heterocycles. The van der Waals surface area contributed by atoms with Crippen molar-refractivity contribution in [3.8, 4) is 0 Å². The van der Waals surface area contributed by atoms with Crippen molar-refractivity contribution in [1.29, 1.82) is 0 Å². The molecule has 0 bridgehead atoms. The van der Waals surface area contributed by atoms with Gasteiger partial charge < -0.3 is 9.64 Å². The molecule has 1 aliphatic rings. The Morgan fingerprint density at radius 1 is 0.947 bits per heavy atom. The number of hydrogen-bond acceptors (Lipinski definition) is 5. The number of aliphatic imine (C=N–C) groups is 1. The molecule has 3 aromatic rings. The van der Waals surface area contributed by atoms with Gasteiger partial charge in [0.1, 0.15) is 5.69 Å². The number of rotatable bonds is 9. The Kier molecular flexibility index (Phi) is 10.4. The SMILES string of the molecule is COC1C=C(SC(=Nc2cc(Cl)cc(Cl)c2)N(CCc2ccc(Cl)cc2)Cc2ccc(N=O)cc2)C=CC1. The molecular weight excluding hydrogens is 561 g/mol. The number of hydrogen-bond donors (Lipinski definition) is 0. The van der Waals surface area contributed by atoms with Gasteiger partial charge in [0.15, 0.2) is 5.17 Å². The van der Waals surface area contributed by atoms with Crippen molar-refractivity contribution in [1.82, 2.24) is 4.90 Å². The fraction of sp³-hybridized carbons (Fsp3) is 0.207. The molecule has 0 saturated heterocycles. The van der Waals surface area contributed by atoms with Crippen LogP contribution in [0, 0.1) is 4.91 Å². The minimum absolute atomic E-state index is 0.00951. The van der Waals surface area contributed by atoms with Crippen molar-refractivity contribution in [2.24, 2.45) is 10.2 Å². The first-order valence-corrected chi connectivity index (χ1v) is 13.9. The van der Waals surface area contributed by atoms with E-state index in [1.165, 1.54) is 0 Å². The fourth-order valence-corrected chi connectivity index (χ4v) is 5.55. The summed E-state index contributed by atoms with van der Waals surface area (Å²) >= 11 is 20.2. The molecule has 0 amide bonds. The van der Waals surface area contributed by atoms with E-state index >= 15 is 0 Å². The lowest BCUT2D eigenvalue weighted by molar-refractivity contribution is 0.142. The van der Waals surface area contributed by atoms with Crippen LogP contribution < -0.4 is 0 Å². The van der Waals surface area contributed by atoms with E-state index in [0.29, 0.717) is 39.5 Å². The third-order valence-corrected chi connectivity index (χ3v) is 7.58. The summed E-state index contributed by atoms with van der Waals surface area (Å²) in [6, 6.07) is 20.4. The van der Waals surface area contributed by atoms with Gasteiger partial charge in [0.05, 0.1) is 11.8 Å². The molecule has 0 radical (unpaired) electrons. The van der Waals surface area contributed by atoms with E-state index < -0.39 is 0 Å². The van der Waals surface area contributed by atoms with Crippen LogP contribution in [0.25, 0.3) is 0 Å². The van der Waals surface area contributed by atoms with E-state index in [-0.39, 0.29) is 6.10 Å². The van der Waals surface area contributed by atoms with Gasteiger partial charge in [-0.3, -0.25) is 0 Å². The monoisotopic (exact) mass is 585 g/mol. The molecule has 0 fully saturated rings. The number of nitroso groups, excluding NO2 is 1. The molecule has 0 saturated carbocycles. The Morgan fingerprint density at radius 2 is 1.63 bits per heavy atom. The average Bonchev–Trinajstić information content (AvgIpc) is 2.91. The lowest BCUT2D eigenvalue weighted by Gasteiger charge is -2.27. The lowest BCUT2D eigenvalue weighted by Crippen LogP contribution is -2.30. The quantitative estimate of drug-likeness (QED) is 0.142. The zero-order chi connectivity index (χ0) is 26.9.